The maximum absolute atomic E-state index is 11.5. The second-order valence-electron chi connectivity index (χ2n) is 4.00. The van der Waals surface area contributed by atoms with Gasteiger partial charge in [-0.05, 0) is 38.5 Å². The number of anilines is 2. The Balaban J connectivity index is 2.76. The first-order valence-corrected chi connectivity index (χ1v) is 6.27. The number of nitrogens with one attached hydrogen (secondary N) is 4. The van der Waals surface area contributed by atoms with Gasteiger partial charge in [0.2, 0.25) is 0 Å². The van der Waals surface area contributed by atoms with E-state index in [9.17, 15) is 9.59 Å². The SMILES string of the molecule is CCNC(=O)Nc1ccc(C)c(NC(=O)NCC)c1. The smallest absolute Gasteiger partial charge is 0.319 e. The molecular weight excluding hydrogens is 244 g/mol. The van der Waals surface area contributed by atoms with Gasteiger partial charge < -0.3 is 21.3 Å². The number of urea groups is 2. The maximum Gasteiger partial charge on any atom is 0.319 e. The van der Waals surface area contributed by atoms with E-state index in [1.165, 1.54) is 0 Å². The number of rotatable bonds is 4. The molecule has 0 atom stereocenters. The molecule has 104 valence electrons. The standard InChI is InChI=1S/C13H20N4O2/c1-4-14-12(18)16-10-7-6-9(3)11(8-10)17-13(19)15-5-2/h6-8H,4-5H2,1-3H3,(H2,14,16,18)(H2,15,17,19). The van der Waals surface area contributed by atoms with Crippen LogP contribution in [0.5, 0.6) is 0 Å². The lowest BCUT2D eigenvalue weighted by Gasteiger charge is -2.12. The molecule has 19 heavy (non-hydrogen) atoms. The minimum absolute atomic E-state index is 0.263. The second-order valence-corrected chi connectivity index (χ2v) is 4.00. The van der Waals surface area contributed by atoms with E-state index in [1.54, 1.807) is 12.1 Å². The Morgan fingerprint density at radius 1 is 1.00 bits per heavy atom. The van der Waals surface area contributed by atoms with E-state index in [2.05, 4.69) is 21.3 Å². The molecule has 0 aliphatic rings. The number of carbonyl (C=O) groups is 2. The zero-order valence-corrected chi connectivity index (χ0v) is 11.5. The molecule has 6 heteroatoms. The normalized spacial score (nSPS) is 9.63. The van der Waals surface area contributed by atoms with Crippen molar-refractivity contribution in [3.63, 3.8) is 0 Å². The molecule has 0 radical (unpaired) electrons. The Labute approximate surface area is 113 Å². The number of amides is 4. The predicted molar refractivity (Wildman–Crippen MR) is 76.6 cm³/mol. The van der Waals surface area contributed by atoms with Crippen molar-refractivity contribution in [1.29, 1.82) is 0 Å². The van der Waals surface area contributed by atoms with Gasteiger partial charge in [0.05, 0.1) is 0 Å². The summed E-state index contributed by atoms with van der Waals surface area (Å²) < 4.78 is 0. The third kappa shape index (κ3) is 4.87. The lowest BCUT2D eigenvalue weighted by Crippen LogP contribution is -2.29. The van der Waals surface area contributed by atoms with Gasteiger partial charge in [-0.3, -0.25) is 0 Å². The monoisotopic (exact) mass is 264 g/mol. The molecule has 1 aromatic rings. The third-order valence-corrected chi connectivity index (χ3v) is 2.42. The fourth-order valence-electron chi connectivity index (χ4n) is 1.50. The van der Waals surface area contributed by atoms with Crippen LogP contribution in [-0.4, -0.2) is 25.2 Å². The molecular formula is C13H20N4O2. The lowest BCUT2D eigenvalue weighted by molar-refractivity contribution is 0.252. The van der Waals surface area contributed by atoms with Crippen LogP contribution in [-0.2, 0) is 0 Å². The zero-order chi connectivity index (χ0) is 14.3. The summed E-state index contributed by atoms with van der Waals surface area (Å²) in [5.74, 6) is 0. The molecule has 0 unspecified atom stereocenters. The number of hydrogen-bond acceptors (Lipinski definition) is 2. The molecule has 0 spiro atoms. The highest BCUT2D eigenvalue weighted by Crippen LogP contribution is 2.20. The molecule has 1 aromatic carbocycles. The predicted octanol–water partition coefficient (Wildman–Crippen LogP) is 2.28. The van der Waals surface area contributed by atoms with Crippen LogP contribution in [0.25, 0.3) is 0 Å². The van der Waals surface area contributed by atoms with Crippen molar-refractivity contribution in [1.82, 2.24) is 10.6 Å². The second kappa shape index (κ2) is 7.25. The fraction of sp³-hybridized carbons (Fsp3) is 0.385. The lowest BCUT2D eigenvalue weighted by atomic mass is 10.2. The van der Waals surface area contributed by atoms with Crippen molar-refractivity contribution in [2.24, 2.45) is 0 Å². The summed E-state index contributed by atoms with van der Waals surface area (Å²) in [5.41, 5.74) is 2.22. The van der Waals surface area contributed by atoms with Crippen LogP contribution >= 0.6 is 0 Å². The summed E-state index contributed by atoms with van der Waals surface area (Å²) in [4.78, 5) is 22.9. The minimum atomic E-state index is -0.268. The van der Waals surface area contributed by atoms with Crippen LogP contribution in [0.2, 0.25) is 0 Å². The van der Waals surface area contributed by atoms with Crippen LogP contribution in [0.4, 0.5) is 21.0 Å². The van der Waals surface area contributed by atoms with Gasteiger partial charge in [-0.25, -0.2) is 9.59 Å². The number of hydrogen-bond donors (Lipinski definition) is 4. The number of aryl methyl sites for hydroxylation is 1. The summed E-state index contributed by atoms with van der Waals surface area (Å²) in [6, 6.07) is 4.81. The first-order chi connectivity index (χ1) is 9.06. The van der Waals surface area contributed by atoms with Gasteiger partial charge in [-0.15, -0.1) is 0 Å². The van der Waals surface area contributed by atoms with Crippen LogP contribution < -0.4 is 21.3 Å². The van der Waals surface area contributed by atoms with Crippen molar-refractivity contribution < 1.29 is 9.59 Å². The van der Waals surface area contributed by atoms with Gasteiger partial charge in [0, 0.05) is 24.5 Å². The van der Waals surface area contributed by atoms with Gasteiger partial charge in [0.15, 0.2) is 0 Å². The molecule has 0 fully saturated rings. The average molecular weight is 264 g/mol. The Kier molecular flexibility index (Phi) is 5.66. The van der Waals surface area contributed by atoms with Gasteiger partial charge in [0.1, 0.15) is 0 Å². The number of carbonyl (C=O) groups excluding carboxylic acids is 2. The van der Waals surface area contributed by atoms with E-state index in [1.807, 2.05) is 26.8 Å². The average Bonchev–Trinajstić information content (AvgIpc) is 2.34. The summed E-state index contributed by atoms with van der Waals surface area (Å²) in [7, 11) is 0. The maximum atomic E-state index is 11.5. The van der Waals surface area contributed by atoms with Gasteiger partial charge in [-0.2, -0.15) is 0 Å². The van der Waals surface area contributed by atoms with E-state index in [0.29, 0.717) is 24.5 Å². The first kappa shape index (κ1) is 14.8. The highest BCUT2D eigenvalue weighted by molar-refractivity contribution is 5.93. The largest absolute Gasteiger partial charge is 0.338 e. The van der Waals surface area contributed by atoms with Crippen molar-refractivity contribution in [3.05, 3.63) is 23.8 Å². The van der Waals surface area contributed by atoms with Gasteiger partial charge in [0.25, 0.3) is 0 Å². The fourth-order valence-corrected chi connectivity index (χ4v) is 1.50. The van der Waals surface area contributed by atoms with E-state index < -0.39 is 0 Å². The molecule has 0 aromatic heterocycles. The zero-order valence-electron chi connectivity index (χ0n) is 11.5. The summed E-state index contributed by atoms with van der Waals surface area (Å²) in [5, 5.41) is 10.7. The van der Waals surface area contributed by atoms with E-state index in [0.717, 1.165) is 5.56 Å². The van der Waals surface area contributed by atoms with E-state index >= 15 is 0 Å². The summed E-state index contributed by atoms with van der Waals surface area (Å²) >= 11 is 0. The molecule has 0 saturated heterocycles. The third-order valence-electron chi connectivity index (χ3n) is 2.42. The van der Waals surface area contributed by atoms with Crippen LogP contribution in [0, 0.1) is 6.92 Å². The molecule has 0 heterocycles. The van der Waals surface area contributed by atoms with E-state index in [-0.39, 0.29) is 12.1 Å². The van der Waals surface area contributed by atoms with Crippen molar-refractivity contribution in [2.75, 3.05) is 23.7 Å². The van der Waals surface area contributed by atoms with Crippen LogP contribution in [0.15, 0.2) is 18.2 Å². The molecule has 1 rings (SSSR count). The van der Waals surface area contributed by atoms with Crippen molar-refractivity contribution >= 4 is 23.4 Å². The Morgan fingerprint density at radius 2 is 1.58 bits per heavy atom. The summed E-state index contributed by atoms with van der Waals surface area (Å²) in [6.45, 7) is 6.69. The van der Waals surface area contributed by atoms with Crippen LogP contribution in [0.1, 0.15) is 19.4 Å². The Morgan fingerprint density at radius 3 is 2.16 bits per heavy atom. The Bertz CT molecular complexity index is 460. The van der Waals surface area contributed by atoms with Gasteiger partial charge in [-0.1, -0.05) is 6.07 Å². The number of benzene rings is 1. The molecule has 0 bridgehead atoms. The first-order valence-electron chi connectivity index (χ1n) is 6.27. The van der Waals surface area contributed by atoms with Gasteiger partial charge >= 0.3 is 12.1 Å². The molecule has 0 aliphatic carbocycles. The van der Waals surface area contributed by atoms with Crippen molar-refractivity contribution in [3.8, 4) is 0 Å². The Hall–Kier alpha value is -2.24. The molecule has 0 aliphatic heterocycles. The molecule has 4 amide bonds. The van der Waals surface area contributed by atoms with E-state index in [4.69, 9.17) is 0 Å². The quantitative estimate of drug-likeness (QED) is 0.673. The minimum Gasteiger partial charge on any atom is -0.338 e. The summed E-state index contributed by atoms with van der Waals surface area (Å²) in [6.07, 6.45) is 0. The highest BCUT2D eigenvalue weighted by Gasteiger charge is 2.06. The van der Waals surface area contributed by atoms with Crippen LogP contribution in [0.3, 0.4) is 0 Å². The highest BCUT2D eigenvalue weighted by atomic mass is 16.2. The van der Waals surface area contributed by atoms with Crippen molar-refractivity contribution in [2.45, 2.75) is 20.8 Å². The molecule has 4 N–H and O–H groups in total. The molecule has 6 nitrogen and oxygen atoms in total. The topological polar surface area (TPSA) is 82.3 Å². The molecule has 0 saturated carbocycles.